The van der Waals surface area contributed by atoms with Gasteiger partial charge < -0.3 is 11.5 Å². The fourth-order valence-electron chi connectivity index (χ4n) is 1.17. The lowest BCUT2D eigenvalue weighted by Crippen LogP contribution is -2.13. The highest BCUT2D eigenvalue weighted by Gasteiger charge is 2.10. The molecule has 5 nitrogen and oxygen atoms in total. The zero-order valence-corrected chi connectivity index (χ0v) is 11.0. The van der Waals surface area contributed by atoms with Gasteiger partial charge in [-0.25, -0.2) is 8.42 Å². The number of carbonyl (C=O) groups excluding carboxylic acids is 1. The zero-order valence-electron chi connectivity index (χ0n) is 9.34. The van der Waals surface area contributed by atoms with Gasteiger partial charge in [-0.3, -0.25) is 4.79 Å². The first kappa shape index (κ1) is 13.9. The van der Waals surface area contributed by atoms with Crippen LogP contribution >= 0.6 is 11.8 Å². The van der Waals surface area contributed by atoms with Crippen LogP contribution in [0.15, 0.2) is 23.1 Å². The van der Waals surface area contributed by atoms with Gasteiger partial charge in [0.05, 0.1) is 11.3 Å². The van der Waals surface area contributed by atoms with Crippen LogP contribution in [0.25, 0.3) is 0 Å². The number of amides is 1. The largest absolute Gasteiger partial charge is 0.399 e. The van der Waals surface area contributed by atoms with Gasteiger partial charge in [-0.15, -0.1) is 11.8 Å². The molecule has 17 heavy (non-hydrogen) atoms. The summed E-state index contributed by atoms with van der Waals surface area (Å²) in [6, 6.07) is 4.81. The maximum Gasteiger partial charge on any atom is 0.249 e. The van der Waals surface area contributed by atoms with Gasteiger partial charge in [0, 0.05) is 22.6 Å². The van der Waals surface area contributed by atoms with Crippen molar-refractivity contribution in [1.82, 2.24) is 0 Å². The number of sulfone groups is 1. The number of hydrogen-bond donors (Lipinski definition) is 2. The fourth-order valence-corrected chi connectivity index (χ4v) is 3.41. The lowest BCUT2D eigenvalue weighted by molar-refractivity contribution is 0.0997. The Balaban J connectivity index is 2.81. The molecular formula is C10H14N2O3S2. The molecular weight excluding hydrogens is 260 g/mol. The van der Waals surface area contributed by atoms with E-state index >= 15 is 0 Å². The predicted molar refractivity (Wildman–Crippen MR) is 69.8 cm³/mol. The highest BCUT2D eigenvalue weighted by atomic mass is 32.2. The molecule has 94 valence electrons. The van der Waals surface area contributed by atoms with Crippen molar-refractivity contribution in [2.75, 3.05) is 23.5 Å². The Morgan fingerprint density at radius 1 is 1.41 bits per heavy atom. The van der Waals surface area contributed by atoms with Crippen LogP contribution in [-0.2, 0) is 9.84 Å². The molecule has 0 heterocycles. The van der Waals surface area contributed by atoms with Crippen LogP contribution < -0.4 is 11.5 Å². The minimum atomic E-state index is -3.00. The summed E-state index contributed by atoms with van der Waals surface area (Å²) < 4.78 is 21.9. The Hall–Kier alpha value is -1.21. The van der Waals surface area contributed by atoms with Gasteiger partial charge in [-0.1, -0.05) is 0 Å². The van der Waals surface area contributed by atoms with Gasteiger partial charge in [0.2, 0.25) is 5.91 Å². The monoisotopic (exact) mass is 274 g/mol. The van der Waals surface area contributed by atoms with Crippen molar-refractivity contribution < 1.29 is 13.2 Å². The first-order chi connectivity index (χ1) is 7.79. The molecule has 0 unspecified atom stereocenters. The molecule has 0 aliphatic rings. The molecule has 1 aromatic rings. The van der Waals surface area contributed by atoms with Crippen LogP contribution in [0.4, 0.5) is 5.69 Å². The van der Waals surface area contributed by atoms with Crippen LogP contribution in [0.1, 0.15) is 10.4 Å². The van der Waals surface area contributed by atoms with E-state index < -0.39 is 15.7 Å². The van der Waals surface area contributed by atoms with Crippen molar-refractivity contribution >= 4 is 33.2 Å². The standard InChI is InChI=1S/C10H14N2O3S2/c1-17(14,15)5-4-16-9-3-2-7(11)6-8(9)10(12)13/h2-3,6H,4-5,11H2,1H3,(H2,12,13). The molecule has 0 spiro atoms. The number of anilines is 1. The summed E-state index contributed by atoms with van der Waals surface area (Å²) >= 11 is 1.28. The van der Waals surface area contributed by atoms with Gasteiger partial charge in [-0.05, 0) is 18.2 Å². The third-order valence-corrected chi connectivity index (χ3v) is 4.26. The highest BCUT2D eigenvalue weighted by Crippen LogP contribution is 2.24. The molecule has 0 bridgehead atoms. The Morgan fingerprint density at radius 3 is 2.59 bits per heavy atom. The van der Waals surface area contributed by atoms with E-state index in [4.69, 9.17) is 11.5 Å². The molecule has 1 amide bonds. The van der Waals surface area contributed by atoms with E-state index in [2.05, 4.69) is 0 Å². The Kier molecular flexibility index (Phi) is 4.41. The first-order valence-corrected chi connectivity index (χ1v) is 7.84. The van der Waals surface area contributed by atoms with E-state index in [1.165, 1.54) is 24.1 Å². The van der Waals surface area contributed by atoms with E-state index in [1.807, 2.05) is 0 Å². The smallest absolute Gasteiger partial charge is 0.249 e. The number of carbonyl (C=O) groups is 1. The molecule has 7 heteroatoms. The highest BCUT2D eigenvalue weighted by molar-refractivity contribution is 8.00. The van der Waals surface area contributed by atoms with E-state index in [0.29, 0.717) is 21.9 Å². The summed E-state index contributed by atoms with van der Waals surface area (Å²) in [6.07, 6.45) is 1.17. The number of rotatable bonds is 5. The molecule has 0 saturated carbocycles. The second-order valence-electron chi connectivity index (χ2n) is 3.60. The summed E-state index contributed by atoms with van der Waals surface area (Å²) in [6.45, 7) is 0. The minimum Gasteiger partial charge on any atom is -0.399 e. The maximum atomic E-state index is 11.2. The SMILES string of the molecule is CS(=O)(=O)CCSc1ccc(N)cc1C(N)=O. The van der Waals surface area contributed by atoms with Gasteiger partial charge in [-0.2, -0.15) is 0 Å². The summed E-state index contributed by atoms with van der Waals surface area (Å²) in [4.78, 5) is 11.8. The third-order valence-electron chi connectivity index (χ3n) is 1.98. The molecule has 0 aliphatic carbocycles. The Bertz CT molecular complexity index is 526. The molecule has 4 N–H and O–H groups in total. The predicted octanol–water partition coefficient (Wildman–Crippen LogP) is 0.504. The van der Waals surface area contributed by atoms with Crippen molar-refractivity contribution in [3.63, 3.8) is 0 Å². The molecule has 0 saturated heterocycles. The molecule has 0 fully saturated rings. The van der Waals surface area contributed by atoms with Gasteiger partial charge in [0.15, 0.2) is 0 Å². The van der Waals surface area contributed by atoms with Crippen molar-refractivity contribution in [2.45, 2.75) is 4.90 Å². The number of benzene rings is 1. The van der Waals surface area contributed by atoms with Gasteiger partial charge in [0.1, 0.15) is 9.84 Å². The topological polar surface area (TPSA) is 103 Å². The number of primary amides is 1. The molecule has 0 aliphatic heterocycles. The summed E-state index contributed by atoms with van der Waals surface area (Å²) in [5.41, 5.74) is 11.5. The number of thioether (sulfide) groups is 1. The van der Waals surface area contributed by atoms with Crippen LogP contribution in [0.5, 0.6) is 0 Å². The van der Waals surface area contributed by atoms with E-state index in [-0.39, 0.29) is 5.75 Å². The number of nitrogen functional groups attached to an aromatic ring is 1. The maximum absolute atomic E-state index is 11.2. The number of hydrogen-bond acceptors (Lipinski definition) is 5. The van der Waals surface area contributed by atoms with Crippen LogP contribution in [0.2, 0.25) is 0 Å². The molecule has 1 rings (SSSR count). The van der Waals surface area contributed by atoms with Crippen molar-refractivity contribution in [3.05, 3.63) is 23.8 Å². The first-order valence-electron chi connectivity index (χ1n) is 4.79. The second kappa shape index (κ2) is 5.42. The zero-order chi connectivity index (χ0) is 13.1. The van der Waals surface area contributed by atoms with E-state index in [0.717, 1.165) is 0 Å². The molecule has 0 radical (unpaired) electrons. The average Bonchev–Trinajstić information content (AvgIpc) is 2.18. The fraction of sp³-hybridized carbons (Fsp3) is 0.300. The van der Waals surface area contributed by atoms with Crippen LogP contribution in [0.3, 0.4) is 0 Å². The Labute approximate surface area is 104 Å². The normalized spacial score (nSPS) is 11.4. The van der Waals surface area contributed by atoms with Crippen molar-refractivity contribution in [1.29, 1.82) is 0 Å². The molecule has 0 atom stereocenters. The molecule has 1 aromatic carbocycles. The van der Waals surface area contributed by atoms with E-state index in [1.54, 1.807) is 12.1 Å². The van der Waals surface area contributed by atoms with Crippen molar-refractivity contribution in [3.8, 4) is 0 Å². The number of nitrogens with two attached hydrogens (primary N) is 2. The quantitative estimate of drug-likeness (QED) is 0.601. The third kappa shape index (κ3) is 4.66. The summed E-state index contributed by atoms with van der Waals surface area (Å²) in [7, 11) is -3.00. The lowest BCUT2D eigenvalue weighted by atomic mass is 10.2. The average molecular weight is 274 g/mol. The van der Waals surface area contributed by atoms with Gasteiger partial charge in [0.25, 0.3) is 0 Å². The summed E-state index contributed by atoms with van der Waals surface area (Å²) in [5.74, 6) is -0.136. The van der Waals surface area contributed by atoms with Crippen LogP contribution in [0, 0.1) is 0 Å². The lowest BCUT2D eigenvalue weighted by Gasteiger charge is -2.06. The summed E-state index contributed by atoms with van der Waals surface area (Å²) in [5, 5.41) is 0. The second-order valence-corrected chi connectivity index (χ2v) is 6.99. The Morgan fingerprint density at radius 2 is 2.06 bits per heavy atom. The molecule has 0 aromatic heterocycles. The minimum absolute atomic E-state index is 0.0558. The van der Waals surface area contributed by atoms with Crippen molar-refractivity contribution in [2.24, 2.45) is 5.73 Å². The van der Waals surface area contributed by atoms with Gasteiger partial charge >= 0.3 is 0 Å². The van der Waals surface area contributed by atoms with E-state index in [9.17, 15) is 13.2 Å². The van der Waals surface area contributed by atoms with Crippen LogP contribution in [-0.4, -0.2) is 32.1 Å².